The summed E-state index contributed by atoms with van der Waals surface area (Å²) in [5, 5.41) is 6.54. The molecule has 0 N–H and O–H groups in total. The molecule has 0 aliphatic heterocycles. The van der Waals surface area contributed by atoms with Crippen molar-refractivity contribution in [2.45, 2.75) is 84.7 Å². The molecule has 38 heavy (non-hydrogen) atoms. The van der Waals surface area contributed by atoms with Gasteiger partial charge in [-0.25, -0.2) is 0 Å². The van der Waals surface area contributed by atoms with Crippen molar-refractivity contribution >= 4 is 34.0 Å². The largest absolute Gasteiger partial charge is 0.369 e. The number of rotatable bonds is 10. The van der Waals surface area contributed by atoms with Gasteiger partial charge in [0.05, 0.1) is 5.52 Å². The summed E-state index contributed by atoms with van der Waals surface area (Å²) < 4.78 is 1.88. The van der Waals surface area contributed by atoms with Crippen LogP contribution in [0.5, 0.6) is 0 Å². The van der Waals surface area contributed by atoms with E-state index >= 15 is 0 Å². The number of carbonyl (C=O) groups is 1. The number of aromatic nitrogens is 2. The molecule has 1 saturated carbocycles. The smallest absolute Gasteiger partial charge is 0.163 e. The zero-order valence-electron chi connectivity index (χ0n) is 24.4. The van der Waals surface area contributed by atoms with Crippen LogP contribution in [-0.4, -0.2) is 53.2 Å². The van der Waals surface area contributed by atoms with E-state index in [4.69, 9.17) is 16.7 Å². The maximum Gasteiger partial charge on any atom is 0.163 e. The molecule has 206 valence electrons. The topological polar surface area (TPSA) is 41.4 Å². The molecule has 1 fully saturated rings. The number of hydrogen-bond acceptors (Lipinski definition) is 4. The Bertz CT molecular complexity index is 1270. The Labute approximate surface area is 234 Å². The van der Waals surface area contributed by atoms with Crippen LogP contribution in [0.15, 0.2) is 30.5 Å². The molecule has 1 heterocycles. The summed E-state index contributed by atoms with van der Waals surface area (Å²) in [5.41, 5.74) is 6.52. The van der Waals surface area contributed by atoms with E-state index in [1.807, 2.05) is 17.8 Å². The molecular formula is C32H45ClN4O. The molecule has 6 heteroatoms. The highest BCUT2D eigenvalue weighted by molar-refractivity contribution is 6.31. The number of halogens is 1. The van der Waals surface area contributed by atoms with Crippen LogP contribution in [0.3, 0.4) is 0 Å². The van der Waals surface area contributed by atoms with E-state index in [-0.39, 0.29) is 11.7 Å². The molecule has 1 aromatic heterocycles. The Hall–Kier alpha value is -2.37. The summed E-state index contributed by atoms with van der Waals surface area (Å²) in [6.07, 6.45) is 9.13. The molecule has 2 aromatic carbocycles. The summed E-state index contributed by atoms with van der Waals surface area (Å²) in [5.74, 6) is 0.440. The second-order valence-corrected chi connectivity index (χ2v) is 12.0. The number of Topliss-reactive ketones (excluding diaryl/α,β-unsaturated/α-hetero) is 1. The van der Waals surface area contributed by atoms with Crippen molar-refractivity contribution in [3.63, 3.8) is 0 Å². The summed E-state index contributed by atoms with van der Waals surface area (Å²) >= 11 is 6.66. The minimum absolute atomic E-state index is 0.191. The van der Waals surface area contributed by atoms with E-state index in [0.29, 0.717) is 23.5 Å². The van der Waals surface area contributed by atoms with Crippen LogP contribution in [0.1, 0.15) is 79.4 Å². The maximum absolute atomic E-state index is 13.8. The number of nitrogens with zero attached hydrogens (tertiary/aromatic N) is 4. The van der Waals surface area contributed by atoms with Crippen molar-refractivity contribution in [1.82, 2.24) is 14.7 Å². The van der Waals surface area contributed by atoms with Gasteiger partial charge in [0.25, 0.3) is 0 Å². The highest BCUT2D eigenvalue weighted by Crippen LogP contribution is 2.35. The normalized spacial score (nSPS) is 18.8. The lowest BCUT2D eigenvalue weighted by atomic mass is 9.86. The first-order valence-electron chi connectivity index (χ1n) is 14.3. The van der Waals surface area contributed by atoms with Gasteiger partial charge in [0, 0.05) is 60.0 Å². The van der Waals surface area contributed by atoms with Crippen LogP contribution < -0.4 is 4.90 Å². The second-order valence-electron chi connectivity index (χ2n) is 11.5. The monoisotopic (exact) mass is 536 g/mol. The van der Waals surface area contributed by atoms with Crippen molar-refractivity contribution < 1.29 is 4.79 Å². The molecule has 0 spiro atoms. The number of fused-ring (bicyclic) bond motifs is 1. The van der Waals surface area contributed by atoms with E-state index in [0.717, 1.165) is 47.1 Å². The van der Waals surface area contributed by atoms with Crippen molar-refractivity contribution in [3.8, 4) is 0 Å². The average molecular weight is 537 g/mol. The zero-order chi connectivity index (χ0) is 27.6. The Morgan fingerprint density at radius 1 is 1.11 bits per heavy atom. The van der Waals surface area contributed by atoms with Crippen molar-refractivity contribution in [1.29, 1.82) is 0 Å². The molecule has 5 nitrogen and oxygen atoms in total. The van der Waals surface area contributed by atoms with E-state index < -0.39 is 0 Å². The van der Waals surface area contributed by atoms with Crippen molar-refractivity contribution in [2.75, 3.05) is 25.5 Å². The van der Waals surface area contributed by atoms with Gasteiger partial charge in [-0.3, -0.25) is 9.48 Å². The lowest BCUT2D eigenvalue weighted by Gasteiger charge is -2.40. The fourth-order valence-corrected chi connectivity index (χ4v) is 6.62. The molecular weight excluding hydrogens is 492 g/mol. The van der Waals surface area contributed by atoms with Crippen molar-refractivity contribution in [3.05, 3.63) is 57.7 Å². The third-order valence-corrected chi connectivity index (χ3v) is 9.03. The van der Waals surface area contributed by atoms with Gasteiger partial charge >= 0.3 is 0 Å². The van der Waals surface area contributed by atoms with Crippen molar-refractivity contribution in [2.24, 2.45) is 13.0 Å². The Kier molecular flexibility index (Phi) is 9.20. The first-order chi connectivity index (χ1) is 18.1. The fourth-order valence-electron chi connectivity index (χ4n) is 6.41. The molecule has 1 aliphatic rings. The lowest BCUT2D eigenvalue weighted by molar-refractivity contribution is 0.0959. The summed E-state index contributed by atoms with van der Waals surface area (Å²) in [4.78, 5) is 18.6. The summed E-state index contributed by atoms with van der Waals surface area (Å²) in [7, 11) is 6.33. The van der Waals surface area contributed by atoms with E-state index in [1.54, 1.807) is 0 Å². The number of aryl methyl sites for hydroxylation is 2. The summed E-state index contributed by atoms with van der Waals surface area (Å²) in [6, 6.07) is 9.41. The van der Waals surface area contributed by atoms with Gasteiger partial charge in [-0.1, -0.05) is 37.1 Å². The van der Waals surface area contributed by atoms with Gasteiger partial charge in [0.2, 0.25) is 0 Å². The lowest BCUT2D eigenvalue weighted by Crippen LogP contribution is -2.42. The number of benzene rings is 2. The van der Waals surface area contributed by atoms with Gasteiger partial charge in [-0.15, -0.1) is 0 Å². The van der Waals surface area contributed by atoms with E-state index in [1.165, 1.54) is 36.8 Å². The zero-order valence-corrected chi connectivity index (χ0v) is 25.1. The molecule has 0 bridgehead atoms. The molecule has 1 atom stereocenters. The molecule has 1 aliphatic carbocycles. The maximum atomic E-state index is 13.8. The molecule has 0 radical (unpaired) electrons. The van der Waals surface area contributed by atoms with Crippen LogP contribution in [-0.2, 0) is 13.5 Å². The van der Waals surface area contributed by atoms with Gasteiger partial charge < -0.3 is 9.80 Å². The Balaban J connectivity index is 1.55. The van der Waals surface area contributed by atoms with Crippen LogP contribution >= 0.6 is 11.6 Å². The van der Waals surface area contributed by atoms with Gasteiger partial charge in [-0.05, 0) is 102 Å². The minimum atomic E-state index is 0.191. The molecule has 4 rings (SSSR count). The highest BCUT2D eigenvalue weighted by Gasteiger charge is 2.28. The second kappa shape index (κ2) is 12.2. The Morgan fingerprint density at radius 3 is 2.42 bits per heavy atom. The SMILES string of the molecule is CCC(CC(=O)c1cc(Cl)cc(N(CC)C2CCC(N(C)C)CC2)c1C)Cc1c(C)ccc2cn(C)nc12. The van der Waals surface area contributed by atoms with Crippen LogP contribution in [0.4, 0.5) is 5.69 Å². The quantitative estimate of drug-likeness (QED) is 0.253. The van der Waals surface area contributed by atoms with E-state index in [2.05, 4.69) is 76.0 Å². The number of anilines is 1. The average Bonchev–Trinajstić information content (AvgIpc) is 3.28. The molecule has 0 saturated heterocycles. The highest BCUT2D eigenvalue weighted by atomic mass is 35.5. The van der Waals surface area contributed by atoms with Gasteiger partial charge in [0.15, 0.2) is 5.78 Å². The van der Waals surface area contributed by atoms with Crippen LogP contribution in [0, 0.1) is 19.8 Å². The molecule has 3 aromatic rings. The fraction of sp³-hybridized carbons (Fsp3) is 0.562. The summed E-state index contributed by atoms with van der Waals surface area (Å²) in [6.45, 7) is 9.57. The minimum Gasteiger partial charge on any atom is -0.369 e. The van der Waals surface area contributed by atoms with E-state index in [9.17, 15) is 4.79 Å². The van der Waals surface area contributed by atoms with Crippen LogP contribution in [0.2, 0.25) is 5.02 Å². The number of carbonyl (C=O) groups excluding carboxylic acids is 1. The number of ketones is 1. The number of hydrogen-bond donors (Lipinski definition) is 0. The third kappa shape index (κ3) is 6.10. The first-order valence-corrected chi connectivity index (χ1v) is 14.7. The third-order valence-electron chi connectivity index (χ3n) is 8.81. The Morgan fingerprint density at radius 2 is 1.79 bits per heavy atom. The first kappa shape index (κ1) is 28.6. The van der Waals surface area contributed by atoms with Crippen LogP contribution in [0.25, 0.3) is 10.9 Å². The predicted molar refractivity (Wildman–Crippen MR) is 161 cm³/mol. The molecule has 1 unspecified atom stereocenters. The van der Waals surface area contributed by atoms with Gasteiger partial charge in [0.1, 0.15) is 0 Å². The standard InChI is InChI=1S/C32H45ClN4O/c1-8-23(16-28-21(3)10-11-24-20-36(7)34-32(24)28)17-31(38)29-18-25(33)19-30(22(29)4)37(9-2)27-14-12-26(13-15-27)35(5)6/h10-11,18-20,23,26-27H,8-9,12-17H2,1-7H3. The predicted octanol–water partition coefficient (Wildman–Crippen LogP) is 7.38. The molecule has 0 amide bonds. The van der Waals surface area contributed by atoms with Gasteiger partial charge in [-0.2, -0.15) is 5.10 Å².